The number of rotatable bonds is 5. The molecule has 2 fully saturated rings. The van der Waals surface area contributed by atoms with Crippen molar-refractivity contribution in [1.29, 1.82) is 0 Å². The van der Waals surface area contributed by atoms with Crippen LogP contribution in [0.1, 0.15) is 48.0 Å². The smallest absolute Gasteiger partial charge is 0.256 e. The Labute approximate surface area is 160 Å². The molecule has 142 valence electrons. The van der Waals surface area contributed by atoms with Crippen molar-refractivity contribution < 1.29 is 4.79 Å². The van der Waals surface area contributed by atoms with Gasteiger partial charge < -0.3 is 16.0 Å². The number of nitrogens with one attached hydrogen (secondary N) is 1. The number of likely N-dealkylation sites (tertiary alicyclic amines) is 1. The van der Waals surface area contributed by atoms with E-state index in [2.05, 4.69) is 52.5 Å². The summed E-state index contributed by atoms with van der Waals surface area (Å²) in [6.45, 7) is 4.88. The number of nitrogens with zero attached hydrogens (tertiary/aromatic N) is 3. The molecular formula is C21H27N5O. The topological polar surface area (TPSA) is 84.1 Å². The van der Waals surface area contributed by atoms with Crippen LogP contribution in [0.15, 0.2) is 42.7 Å². The molecule has 2 aliphatic rings. The summed E-state index contributed by atoms with van der Waals surface area (Å²) >= 11 is 0. The molecule has 2 heterocycles. The third kappa shape index (κ3) is 4.11. The molecule has 0 spiro atoms. The largest absolute Gasteiger partial charge is 0.368 e. The van der Waals surface area contributed by atoms with Crippen LogP contribution < -0.4 is 11.1 Å². The van der Waals surface area contributed by atoms with Crippen LogP contribution in [0.3, 0.4) is 0 Å². The zero-order valence-corrected chi connectivity index (χ0v) is 15.8. The molecule has 1 aromatic heterocycles. The van der Waals surface area contributed by atoms with Gasteiger partial charge in [0.25, 0.3) is 5.91 Å². The van der Waals surface area contributed by atoms with Crippen molar-refractivity contribution in [2.45, 2.75) is 38.1 Å². The molecule has 27 heavy (non-hydrogen) atoms. The van der Waals surface area contributed by atoms with E-state index in [1.54, 1.807) is 0 Å². The van der Waals surface area contributed by atoms with Crippen LogP contribution in [-0.2, 0) is 0 Å². The minimum Gasteiger partial charge on any atom is -0.368 e. The Balaban J connectivity index is 1.26. The van der Waals surface area contributed by atoms with Gasteiger partial charge in [-0.05, 0) is 30.2 Å². The van der Waals surface area contributed by atoms with Gasteiger partial charge >= 0.3 is 0 Å². The summed E-state index contributed by atoms with van der Waals surface area (Å²) in [5.74, 6) is 0.844. The second-order valence-corrected chi connectivity index (χ2v) is 8.17. The van der Waals surface area contributed by atoms with Gasteiger partial charge in [-0.1, -0.05) is 37.3 Å². The highest BCUT2D eigenvalue weighted by molar-refractivity contribution is 5.93. The van der Waals surface area contributed by atoms with Crippen molar-refractivity contribution in [3.05, 3.63) is 53.9 Å². The van der Waals surface area contributed by atoms with Crippen LogP contribution in [0.5, 0.6) is 0 Å². The summed E-state index contributed by atoms with van der Waals surface area (Å²) in [6, 6.07) is 11.3. The van der Waals surface area contributed by atoms with E-state index in [1.807, 2.05) is 4.90 Å². The Morgan fingerprint density at radius 3 is 2.56 bits per heavy atom. The molecule has 0 bridgehead atoms. The summed E-state index contributed by atoms with van der Waals surface area (Å²) in [4.78, 5) is 22.3. The van der Waals surface area contributed by atoms with Gasteiger partial charge in [0.05, 0.1) is 5.56 Å². The van der Waals surface area contributed by atoms with E-state index in [-0.39, 0.29) is 17.3 Å². The van der Waals surface area contributed by atoms with Crippen LogP contribution in [0.2, 0.25) is 0 Å². The molecule has 0 radical (unpaired) electrons. The fourth-order valence-corrected chi connectivity index (χ4v) is 3.92. The first kappa shape index (κ1) is 17.9. The van der Waals surface area contributed by atoms with Gasteiger partial charge in [-0.2, -0.15) is 0 Å². The summed E-state index contributed by atoms with van der Waals surface area (Å²) < 4.78 is 0. The van der Waals surface area contributed by atoms with Gasteiger partial charge in [0, 0.05) is 44.0 Å². The average molecular weight is 365 g/mol. The van der Waals surface area contributed by atoms with Gasteiger partial charge in [0.15, 0.2) is 0 Å². The number of carbonyl (C=O) groups excluding carboxylic acids is 1. The number of amides is 1. The molecule has 1 saturated carbocycles. The predicted molar refractivity (Wildman–Crippen MR) is 105 cm³/mol. The first-order valence-electron chi connectivity index (χ1n) is 9.69. The van der Waals surface area contributed by atoms with Crippen LogP contribution in [0.25, 0.3) is 0 Å². The normalized spacial score (nSPS) is 23.8. The minimum absolute atomic E-state index is 0.00339. The maximum absolute atomic E-state index is 12.6. The lowest BCUT2D eigenvalue weighted by atomic mass is 9.80. The Bertz CT molecular complexity index is 784. The number of piperidine rings is 1. The molecule has 4 rings (SSSR count). The molecule has 2 atom stereocenters. The van der Waals surface area contributed by atoms with Crippen molar-refractivity contribution in [3.63, 3.8) is 0 Å². The molecule has 6 nitrogen and oxygen atoms in total. The zero-order chi connectivity index (χ0) is 18.9. The van der Waals surface area contributed by atoms with E-state index in [4.69, 9.17) is 5.73 Å². The number of hydrogen-bond donors (Lipinski definition) is 2. The molecule has 3 N–H and O–H groups in total. The van der Waals surface area contributed by atoms with Gasteiger partial charge in [-0.25, -0.2) is 9.97 Å². The highest BCUT2D eigenvalue weighted by Gasteiger charge is 2.40. The third-order valence-corrected chi connectivity index (χ3v) is 5.99. The van der Waals surface area contributed by atoms with E-state index in [9.17, 15) is 4.79 Å². The van der Waals surface area contributed by atoms with Crippen molar-refractivity contribution in [1.82, 2.24) is 20.2 Å². The fraction of sp³-hybridized carbons (Fsp3) is 0.476. The SMILES string of the molecule is CC1(CN[C@@H]2C[C@H]2c2ccccc2)CCN(C(=O)c2cnc(N)nc2)CC1. The molecule has 6 heteroatoms. The summed E-state index contributed by atoms with van der Waals surface area (Å²) in [5.41, 5.74) is 7.68. The Morgan fingerprint density at radius 1 is 1.22 bits per heavy atom. The molecule has 1 aliphatic carbocycles. The second-order valence-electron chi connectivity index (χ2n) is 8.17. The summed E-state index contributed by atoms with van der Waals surface area (Å²) in [6.07, 6.45) is 6.25. The van der Waals surface area contributed by atoms with E-state index >= 15 is 0 Å². The van der Waals surface area contributed by atoms with Gasteiger partial charge in [-0.15, -0.1) is 0 Å². The highest BCUT2D eigenvalue weighted by atomic mass is 16.2. The lowest BCUT2D eigenvalue weighted by Crippen LogP contribution is -2.46. The van der Waals surface area contributed by atoms with Crippen molar-refractivity contribution >= 4 is 11.9 Å². The Morgan fingerprint density at radius 2 is 1.89 bits per heavy atom. The zero-order valence-electron chi connectivity index (χ0n) is 15.8. The highest BCUT2D eigenvalue weighted by Crippen LogP contribution is 2.41. The molecular weight excluding hydrogens is 338 g/mol. The van der Waals surface area contributed by atoms with Crippen molar-refractivity contribution in [3.8, 4) is 0 Å². The van der Waals surface area contributed by atoms with E-state index < -0.39 is 0 Å². The first-order chi connectivity index (χ1) is 13.0. The van der Waals surface area contributed by atoms with Gasteiger partial charge in [-0.3, -0.25) is 4.79 Å². The van der Waals surface area contributed by atoms with Crippen LogP contribution in [0.4, 0.5) is 5.95 Å². The molecule has 1 aliphatic heterocycles. The van der Waals surface area contributed by atoms with Crippen LogP contribution in [-0.4, -0.2) is 46.5 Å². The molecule has 1 aromatic carbocycles. The molecule has 1 amide bonds. The number of nitrogens with two attached hydrogens (primary N) is 1. The van der Waals surface area contributed by atoms with E-state index in [0.29, 0.717) is 17.5 Å². The fourth-order valence-electron chi connectivity index (χ4n) is 3.92. The monoisotopic (exact) mass is 365 g/mol. The summed E-state index contributed by atoms with van der Waals surface area (Å²) in [5, 5.41) is 3.76. The lowest BCUT2D eigenvalue weighted by molar-refractivity contribution is 0.0604. The van der Waals surface area contributed by atoms with Gasteiger partial charge in [0.2, 0.25) is 5.95 Å². The number of anilines is 1. The lowest BCUT2D eigenvalue weighted by Gasteiger charge is -2.39. The average Bonchev–Trinajstić information content (AvgIpc) is 3.48. The van der Waals surface area contributed by atoms with Crippen LogP contribution >= 0.6 is 0 Å². The predicted octanol–water partition coefficient (Wildman–Crippen LogP) is 2.45. The molecule has 1 saturated heterocycles. The number of hydrogen-bond acceptors (Lipinski definition) is 5. The number of benzene rings is 1. The third-order valence-electron chi connectivity index (χ3n) is 5.99. The second kappa shape index (κ2) is 7.27. The maximum Gasteiger partial charge on any atom is 0.256 e. The molecule has 2 aromatic rings. The minimum atomic E-state index is -0.00339. The van der Waals surface area contributed by atoms with Gasteiger partial charge in [0.1, 0.15) is 0 Å². The Kier molecular flexibility index (Phi) is 4.83. The van der Waals surface area contributed by atoms with Crippen LogP contribution in [0, 0.1) is 5.41 Å². The van der Waals surface area contributed by atoms with E-state index in [1.165, 1.54) is 24.4 Å². The molecule has 0 unspecified atom stereocenters. The summed E-state index contributed by atoms with van der Waals surface area (Å²) in [7, 11) is 0. The van der Waals surface area contributed by atoms with Crippen molar-refractivity contribution in [2.75, 3.05) is 25.4 Å². The standard InChI is InChI=1S/C21H27N5O/c1-21(14-25-18-11-17(18)15-5-3-2-4-6-15)7-9-26(10-8-21)19(27)16-12-23-20(22)24-13-16/h2-6,12-13,17-18,25H,7-11,14H2,1H3,(H2,22,23,24)/t17-,18+/m0/s1. The number of carbonyl (C=O) groups is 1. The number of nitrogen functional groups attached to an aromatic ring is 1. The van der Waals surface area contributed by atoms with Crippen molar-refractivity contribution in [2.24, 2.45) is 5.41 Å². The first-order valence-corrected chi connectivity index (χ1v) is 9.69. The maximum atomic E-state index is 12.6. The quantitative estimate of drug-likeness (QED) is 0.850. The number of aromatic nitrogens is 2. The van der Waals surface area contributed by atoms with E-state index in [0.717, 1.165) is 32.5 Å². The Hall–Kier alpha value is -2.47.